The summed E-state index contributed by atoms with van der Waals surface area (Å²) in [5.41, 5.74) is 5.06. The van der Waals surface area contributed by atoms with Gasteiger partial charge in [0.2, 0.25) is 0 Å². The van der Waals surface area contributed by atoms with E-state index >= 15 is 0 Å². The minimum absolute atomic E-state index is 0.0704. The molecule has 1 rings (SSSR count). The molecule has 0 aliphatic rings. The maximum atomic E-state index is 12.4. The van der Waals surface area contributed by atoms with E-state index in [9.17, 15) is 26.3 Å². The molecule has 1 aromatic heterocycles. The van der Waals surface area contributed by atoms with Gasteiger partial charge in [0.1, 0.15) is 5.82 Å². The maximum absolute atomic E-state index is 12.4. The molecule has 0 bridgehead atoms. The molecule has 0 aliphatic carbocycles. The quantitative estimate of drug-likeness (QED) is 0.858. The van der Waals surface area contributed by atoms with Crippen molar-refractivity contribution in [2.24, 2.45) is 18.7 Å². The number of rotatable bonds is 3. The highest BCUT2D eigenvalue weighted by Gasteiger charge is 2.59. The summed E-state index contributed by atoms with van der Waals surface area (Å²) in [5, 5.41) is 0. The molecule has 0 saturated heterocycles. The Labute approximate surface area is 98.6 Å². The van der Waals surface area contributed by atoms with Crippen LogP contribution in [0.4, 0.5) is 26.3 Å². The molecule has 0 spiro atoms. The lowest BCUT2D eigenvalue weighted by molar-refractivity contribution is -0.289. The van der Waals surface area contributed by atoms with E-state index in [2.05, 4.69) is 4.98 Å². The second-order valence-corrected chi connectivity index (χ2v) is 3.88. The summed E-state index contributed by atoms with van der Waals surface area (Å²) in [6, 6.07) is -2.12. The molecule has 2 N–H and O–H groups in total. The van der Waals surface area contributed by atoms with E-state index < -0.39 is 30.7 Å². The van der Waals surface area contributed by atoms with Crippen LogP contribution in [0.15, 0.2) is 12.4 Å². The summed E-state index contributed by atoms with van der Waals surface area (Å²) in [6.45, 7) is 0. The van der Waals surface area contributed by atoms with Gasteiger partial charge in [-0.15, -0.1) is 0 Å². The molecule has 0 fully saturated rings. The summed E-state index contributed by atoms with van der Waals surface area (Å²) in [5.74, 6) is -3.48. The van der Waals surface area contributed by atoms with E-state index in [1.54, 1.807) is 0 Å². The zero-order valence-corrected chi connectivity index (χ0v) is 9.26. The summed E-state index contributed by atoms with van der Waals surface area (Å²) < 4.78 is 75.5. The summed E-state index contributed by atoms with van der Waals surface area (Å²) in [6.07, 6.45) is -8.77. The lowest BCUT2D eigenvalue weighted by atomic mass is 9.96. The standard InChI is InChI=1S/C9H11F6N3/c1-18-3-2-17-6(18)4-5(16)7(8(10,11)12)9(13,14)15/h2-3,5,7H,4,16H2,1H3. The van der Waals surface area contributed by atoms with Crippen molar-refractivity contribution in [2.75, 3.05) is 0 Å². The minimum Gasteiger partial charge on any atom is -0.338 e. The van der Waals surface area contributed by atoms with Crippen molar-refractivity contribution in [2.45, 2.75) is 24.8 Å². The average molecular weight is 275 g/mol. The van der Waals surface area contributed by atoms with Gasteiger partial charge in [-0.2, -0.15) is 26.3 Å². The van der Waals surface area contributed by atoms with Crippen LogP contribution >= 0.6 is 0 Å². The summed E-state index contributed by atoms with van der Waals surface area (Å²) in [4.78, 5) is 3.65. The van der Waals surface area contributed by atoms with Crippen molar-refractivity contribution in [1.82, 2.24) is 9.55 Å². The second-order valence-electron chi connectivity index (χ2n) is 3.88. The van der Waals surface area contributed by atoms with Crippen molar-refractivity contribution in [3.05, 3.63) is 18.2 Å². The second kappa shape index (κ2) is 4.79. The Balaban J connectivity index is 2.91. The van der Waals surface area contributed by atoms with Gasteiger partial charge in [0, 0.05) is 31.9 Å². The van der Waals surface area contributed by atoms with E-state index in [1.165, 1.54) is 24.0 Å². The molecule has 1 aromatic rings. The van der Waals surface area contributed by atoms with Crippen molar-refractivity contribution >= 4 is 0 Å². The van der Waals surface area contributed by atoms with E-state index in [1.807, 2.05) is 0 Å². The molecule has 104 valence electrons. The molecule has 0 radical (unpaired) electrons. The number of halogens is 6. The third-order valence-corrected chi connectivity index (χ3v) is 2.47. The maximum Gasteiger partial charge on any atom is 0.402 e. The molecular formula is C9H11F6N3. The first kappa shape index (κ1) is 14.8. The number of nitrogens with two attached hydrogens (primary N) is 1. The third kappa shape index (κ3) is 3.37. The predicted molar refractivity (Wildman–Crippen MR) is 50.5 cm³/mol. The normalized spacial score (nSPS) is 15.2. The Hall–Kier alpha value is -1.25. The van der Waals surface area contributed by atoms with E-state index in [0.717, 1.165) is 0 Å². The fourth-order valence-corrected chi connectivity index (χ4v) is 1.59. The third-order valence-electron chi connectivity index (χ3n) is 2.47. The average Bonchev–Trinajstić information content (AvgIpc) is 2.45. The van der Waals surface area contributed by atoms with Gasteiger partial charge in [0.25, 0.3) is 0 Å². The Morgan fingerprint density at radius 1 is 1.22 bits per heavy atom. The van der Waals surface area contributed by atoms with Crippen LogP contribution in [-0.2, 0) is 13.5 Å². The van der Waals surface area contributed by atoms with Crippen LogP contribution in [0.1, 0.15) is 5.82 Å². The van der Waals surface area contributed by atoms with Crippen LogP contribution in [0.3, 0.4) is 0 Å². The molecule has 0 saturated carbocycles. The number of alkyl halides is 6. The molecule has 1 unspecified atom stereocenters. The largest absolute Gasteiger partial charge is 0.402 e. The molecular weight excluding hydrogens is 264 g/mol. The molecule has 0 amide bonds. The van der Waals surface area contributed by atoms with Crippen molar-refractivity contribution < 1.29 is 26.3 Å². The van der Waals surface area contributed by atoms with Crippen molar-refractivity contribution in [3.8, 4) is 0 Å². The topological polar surface area (TPSA) is 43.8 Å². The molecule has 0 aromatic carbocycles. The highest BCUT2D eigenvalue weighted by Crippen LogP contribution is 2.41. The molecule has 1 atom stereocenters. The number of hydrogen-bond acceptors (Lipinski definition) is 2. The number of aromatic nitrogens is 2. The highest BCUT2D eigenvalue weighted by molar-refractivity contribution is 4.97. The number of nitrogens with zero attached hydrogens (tertiary/aromatic N) is 2. The smallest absolute Gasteiger partial charge is 0.338 e. The molecule has 1 heterocycles. The van der Waals surface area contributed by atoms with E-state index in [4.69, 9.17) is 5.73 Å². The van der Waals surface area contributed by atoms with Gasteiger partial charge in [0.15, 0.2) is 5.92 Å². The monoisotopic (exact) mass is 275 g/mol. The molecule has 0 aliphatic heterocycles. The number of aryl methyl sites for hydroxylation is 1. The Morgan fingerprint density at radius 2 is 1.72 bits per heavy atom. The van der Waals surface area contributed by atoms with Crippen LogP contribution < -0.4 is 5.73 Å². The lowest BCUT2D eigenvalue weighted by Crippen LogP contribution is -2.50. The van der Waals surface area contributed by atoms with Crippen LogP contribution in [0.2, 0.25) is 0 Å². The zero-order chi connectivity index (χ0) is 14.1. The van der Waals surface area contributed by atoms with Crippen LogP contribution in [0.5, 0.6) is 0 Å². The molecule has 9 heteroatoms. The van der Waals surface area contributed by atoms with Crippen LogP contribution in [0.25, 0.3) is 0 Å². The highest BCUT2D eigenvalue weighted by atomic mass is 19.4. The lowest BCUT2D eigenvalue weighted by Gasteiger charge is -2.27. The van der Waals surface area contributed by atoms with Gasteiger partial charge < -0.3 is 10.3 Å². The molecule has 18 heavy (non-hydrogen) atoms. The number of imidazole rings is 1. The van der Waals surface area contributed by atoms with E-state index in [-0.39, 0.29) is 5.82 Å². The fraction of sp³-hybridized carbons (Fsp3) is 0.667. The zero-order valence-electron chi connectivity index (χ0n) is 9.26. The summed E-state index contributed by atoms with van der Waals surface area (Å²) >= 11 is 0. The van der Waals surface area contributed by atoms with Gasteiger partial charge in [-0.05, 0) is 0 Å². The van der Waals surface area contributed by atoms with Crippen molar-refractivity contribution in [1.29, 1.82) is 0 Å². The minimum atomic E-state index is -5.43. The molecule has 3 nitrogen and oxygen atoms in total. The Kier molecular flexibility index (Phi) is 3.94. The first-order valence-corrected chi connectivity index (χ1v) is 4.88. The van der Waals surface area contributed by atoms with Gasteiger partial charge in [0.05, 0.1) is 0 Å². The van der Waals surface area contributed by atoms with Gasteiger partial charge in [-0.25, -0.2) is 4.98 Å². The van der Waals surface area contributed by atoms with Gasteiger partial charge >= 0.3 is 12.4 Å². The van der Waals surface area contributed by atoms with Crippen LogP contribution in [-0.4, -0.2) is 27.9 Å². The van der Waals surface area contributed by atoms with Crippen molar-refractivity contribution in [3.63, 3.8) is 0 Å². The summed E-state index contributed by atoms with van der Waals surface area (Å²) in [7, 11) is 1.46. The Morgan fingerprint density at radius 3 is 2.06 bits per heavy atom. The predicted octanol–water partition coefficient (Wildman–Crippen LogP) is 2.03. The van der Waals surface area contributed by atoms with Crippen LogP contribution in [0, 0.1) is 5.92 Å². The number of hydrogen-bond donors (Lipinski definition) is 1. The first-order chi connectivity index (χ1) is 8.03. The van der Waals surface area contributed by atoms with Gasteiger partial charge in [-0.3, -0.25) is 0 Å². The SMILES string of the molecule is Cn1ccnc1CC(N)C(C(F)(F)F)C(F)(F)F. The Bertz CT molecular complexity index is 380. The van der Waals surface area contributed by atoms with E-state index in [0.29, 0.717) is 0 Å². The fourth-order valence-electron chi connectivity index (χ4n) is 1.59. The first-order valence-electron chi connectivity index (χ1n) is 4.88. The van der Waals surface area contributed by atoms with Gasteiger partial charge in [-0.1, -0.05) is 0 Å².